The SMILES string of the molecule is Cc1cccc(CN2CCC(NC(=O)c3cc(-c4ccccc4)nc4onc(C)c34)CC2)c1. The normalized spacial score (nSPS) is 15.1. The highest BCUT2D eigenvalue weighted by Crippen LogP contribution is 2.27. The van der Waals surface area contributed by atoms with E-state index in [2.05, 4.69) is 51.5 Å². The van der Waals surface area contributed by atoms with Gasteiger partial charge in [-0.05, 0) is 38.3 Å². The first-order chi connectivity index (χ1) is 16.1. The number of likely N-dealkylation sites (tertiary alicyclic amines) is 1. The molecule has 2 aromatic carbocycles. The van der Waals surface area contributed by atoms with Crippen LogP contribution < -0.4 is 5.32 Å². The van der Waals surface area contributed by atoms with Crippen molar-refractivity contribution in [3.05, 3.63) is 83.0 Å². The number of carbonyl (C=O) groups excluding carboxylic acids is 1. The number of hydrogen-bond donors (Lipinski definition) is 1. The highest BCUT2D eigenvalue weighted by molar-refractivity contribution is 6.07. The lowest BCUT2D eigenvalue weighted by atomic mass is 10.0. The number of piperidine rings is 1. The van der Waals surface area contributed by atoms with E-state index in [1.165, 1.54) is 11.1 Å². The van der Waals surface area contributed by atoms with E-state index in [0.717, 1.165) is 38.0 Å². The summed E-state index contributed by atoms with van der Waals surface area (Å²) < 4.78 is 5.42. The van der Waals surface area contributed by atoms with Crippen LogP contribution in [-0.2, 0) is 6.54 Å². The Kier molecular flexibility index (Phi) is 5.92. The Labute approximate surface area is 193 Å². The number of carbonyl (C=O) groups is 1. The van der Waals surface area contributed by atoms with Gasteiger partial charge in [0.1, 0.15) is 0 Å². The summed E-state index contributed by atoms with van der Waals surface area (Å²) in [6.07, 6.45) is 1.86. The number of pyridine rings is 1. The Morgan fingerprint density at radius 2 is 1.85 bits per heavy atom. The molecule has 0 bridgehead atoms. The van der Waals surface area contributed by atoms with Crippen LogP contribution in [0.25, 0.3) is 22.4 Å². The topological polar surface area (TPSA) is 71.3 Å². The van der Waals surface area contributed by atoms with Crippen molar-refractivity contribution in [3.63, 3.8) is 0 Å². The largest absolute Gasteiger partial charge is 0.349 e. The molecule has 1 aliphatic heterocycles. The quantitative estimate of drug-likeness (QED) is 0.478. The molecule has 33 heavy (non-hydrogen) atoms. The van der Waals surface area contributed by atoms with Crippen LogP contribution >= 0.6 is 0 Å². The van der Waals surface area contributed by atoms with E-state index in [-0.39, 0.29) is 11.9 Å². The van der Waals surface area contributed by atoms with Crippen molar-refractivity contribution >= 4 is 17.0 Å². The Balaban J connectivity index is 1.30. The van der Waals surface area contributed by atoms with E-state index >= 15 is 0 Å². The van der Waals surface area contributed by atoms with E-state index in [9.17, 15) is 4.79 Å². The van der Waals surface area contributed by atoms with Gasteiger partial charge in [0, 0.05) is 31.2 Å². The molecule has 6 heteroatoms. The summed E-state index contributed by atoms with van der Waals surface area (Å²) in [5.41, 5.74) is 5.91. The third-order valence-electron chi connectivity index (χ3n) is 6.34. The monoisotopic (exact) mass is 440 g/mol. The molecular formula is C27H28N4O2. The zero-order valence-corrected chi connectivity index (χ0v) is 19.0. The zero-order chi connectivity index (χ0) is 22.8. The minimum Gasteiger partial charge on any atom is -0.349 e. The number of rotatable bonds is 5. The van der Waals surface area contributed by atoms with Crippen LogP contribution in [0.1, 0.15) is 40.0 Å². The first-order valence-corrected chi connectivity index (χ1v) is 11.5. The highest BCUT2D eigenvalue weighted by Gasteiger charge is 2.24. The molecule has 0 saturated carbocycles. The third kappa shape index (κ3) is 4.66. The van der Waals surface area contributed by atoms with Crippen molar-refractivity contribution in [3.8, 4) is 11.3 Å². The number of benzene rings is 2. The van der Waals surface area contributed by atoms with Gasteiger partial charge in [0.25, 0.3) is 11.6 Å². The molecule has 2 aromatic heterocycles. The van der Waals surface area contributed by atoms with Gasteiger partial charge >= 0.3 is 0 Å². The molecule has 1 aliphatic rings. The number of fused-ring (bicyclic) bond motifs is 1. The van der Waals surface area contributed by atoms with Crippen LogP contribution in [0.15, 0.2) is 65.2 Å². The fourth-order valence-electron chi connectivity index (χ4n) is 4.60. The summed E-state index contributed by atoms with van der Waals surface area (Å²) in [4.78, 5) is 20.4. The van der Waals surface area contributed by atoms with Crippen LogP contribution in [0.3, 0.4) is 0 Å². The highest BCUT2D eigenvalue weighted by atomic mass is 16.5. The predicted molar refractivity (Wildman–Crippen MR) is 129 cm³/mol. The molecule has 0 aliphatic carbocycles. The molecule has 5 rings (SSSR count). The Hall–Kier alpha value is -3.51. The molecule has 0 atom stereocenters. The van der Waals surface area contributed by atoms with Gasteiger partial charge in [0.05, 0.1) is 22.3 Å². The van der Waals surface area contributed by atoms with Crippen LogP contribution in [-0.4, -0.2) is 40.1 Å². The second-order valence-electron chi connectivity index (χ2n) is 8.88. The van der Waals surface area contributed by atoms with Crippen LogP contribution in [0.2, 0.25) is 0 Å². The van der Waals surface area contributed by atoms with Crippen LogP contribution in [0.4, 0.5) is 0 Å². The minimum absolute atomic E-state index is 0.0944. The number of aryl methyl sites for hydroxylation is 2. The van der Waals surface area contributed by atoms with Crippen LogP contribution in [0.5, 0.6) is 0 Å². The molecule has 3 heterocycles. The van der Waals surface area contributed by atoms with Gasteiger partial charge in [-0.15, -0.1) is 0 Å². The first-order valence-electron chi connectivity index (χ1n) is 11.5. The Morgan fingerprint density at radius 3 is 2.61 bits per heavy atom. The Morgan fingerprint density at radius 1 is 1.06 bits per heavy atom. The van der Waals surface area contributed by atoms with Gasteiger partial charge in [0.2, 0.25) is 0 Å². The van der Waals surface area contributed by atoms with Gasteiger partial charge in [-0.3, -0.25) is 9.69 Å². The zero-order valence-electron chi connectivity index (χ0n) is 19.0. The molecular weight excluding hydrogens is 412 g/mol. The molecule has 168 valence electrons. The average Bonchev–Trinajstić information content (AvgIpc) is 3.21. The van der Waals surface area contributed by atoms with Gasteiger partial charge in [-0.1, -0.05) is 65.3 Å². The lowest BCUT2D eigenvalue weighted by molar-refractivity contribution is 0.0910. The molecule has 1 fully saturated rings. The molecule has 0 radical (unpaired) electrons. The van der Waals surface area contributed by atoms with E-state index in [1.807, 2.05) is 43.3 Å². The predicted octanol–water partition coefficient (Wildman–Crippen LogP) is 4.90. The number of amides is 1. The maximum Gasteiger partial charge on any atom is 0.259 e. The number of nitrogens with one attached hydrogen (secondary N) is 1. The molecule has 1 saturated heterocycles. The average molecular weight is 441 g/mol. The number of hydrogen-bond acceptors (Lipinski definition) is 5. The maximum absolute atomic E-state index is 13.3. The van der Waals surface area contributed by atoms with E-state index in [4.69, 9.17) is 4.52 Å². The first kappa shape index (κ1) is 21.3. The van der Waals surface area contributed by atoms with E-state index in [1.54, 1.807) is 0 Å². The van der Waals surface area contributed by atoms with Crippen molar-refractivity contribution in [1.29, 1.82) is 0 Å². The van der Waals surface area contributed by atoms with Crippen molar-refractivity contribution < 1.29 is 9.32 Å². The van der Waals surface area contributed by atoms with Gasteiger partial charge < -0.3 is 9.84 Å². The lowest BCUT2D eigenvalue weighted by Gasteiger charge is -2.32. The smallest absolute Gasteiger partial charge is 0.259 e. The van der Waals surface area contributed by atoms with Crippen molar-refractivity contribution in [2.24, 2.45) is 0 Å². The molecule has 6 nitrogen and oxygen atoms in total. The fraction of sp³-hybridized carbons (Fsp3) is 0.296. The van der Waals surface area contributed by atoms with Crippen molar-refractivity contribution in [2.45, 2.75) is 39.3 Å². The van der Waals surface area contributed by atoms with E-state index in [0.29, 0.717) is 28.1 Å². The molecule has 4 aromatic rings. The van der Waals surface area contributed by atoms with Crippen LogP contribution in [0, 0.1) is 13.8 Å². The van der Waals surface area contributed by atoms with E-state index < -0.39 is 0 Å². The van der Waals surface area contributed by atoms with Gasteiger partial charge in [0.15, 0.2) is 0 Å². The molecule has 0 spiro atoms. The number of nitrogens with zero attached hydrogens (tertiary/aromatic N) is 3. The minimum atomic E-state index is -0.0944. The standard InChI is InChI=1S/C27H28N4O2/c1-18-7-6-8-20(15-18)17-31-13-11-22(12-14-31)28-26(32)23-16-24(21-9-4-3-5-10-21)29-27-25(23)19(2)30-33-27/h3-10,15-16,22H,11-14,17H2,1-2H3,(H,28,32). The lowest BCUT2D eigenvalue weighted by Crippen LogP contribution is -2.44. The fourth-order valence-corrected chi connectivity index (χ4v) is 4.60. The van der Waals surface area contributed by atoms with Crippen molar-refractivity contribution in [1.82, 2.24) is 20.4 Å². The molecule has 1 amide bonds. The van der Waals surface area contributed by atoms with Gasteiger partial charge in [-0.25, -0.2) is 4.98 Å². The third-order valence-corrected chi connectivity index (χ3v) is 6.34. The molecule has 1 N–H and O–H groups in total. The number of aromatic nitrogens is 2. The summed E-state index contributed by atoms with van der Waals surface area (Å²) in [7, 11) is 0. The summed E-state index contributed by atoms with van der Waals surface area (Å²) >= 11 is 0. The molecule has 0 unspecified atom stereocenters. The summed E-state index contributed by atoms with van der Waals surface area (Å²) in [6, 6.07) is 20.5. The summed E-state index contributed by atoms with van der Waals surface area (Å²) in [5, 5.41) is 7.99. The van der Waals surface area contributed by atoms with Gasteiger partial charge in [-0.2, -0.15) is 0 Å². The second-order valence-corrected chi connectivity index (χ2v) is 8.88. The summed E-state index contributed by atoms with van der Waals surface area (Å²) in [5.74, 6) is -0.0944. The Bertz CT molecular complexity index is 1270. The second kappa shape index (κ2) is 9.16. The summed E-state index contributed by atoms with van der Waals surface area (Å²) in [6.45, 7) is 6.85. The van der Waals surface area contributed by atoms with Crippen molar-refractivity contribution in [2.75, 3.05) is 13.1 Å². The maximum atomic E-state index is 13.3.